The van der Waals surface area contributed by atoms with Gasteiger partial charge in [-0.25, -0.2) is 0 Å². The number of hydrogen-bond acceptors (Lipinski definition) is 4. The topological polar surface area (TPSA) is 50.7 Å². The first kappa shape index (κ1) is 15.1. The van der Waals surface area contributed by atoms with Gasteiger partial charge in [0, 0.05) is 6.54 Å². The predicted molar refractivity (Wildman–Crippen MR) is 79.4 cm³/mol. The standard InChI is InChI=1S/C16H25NO3/c1-2-3-4-5-8-17-12-14(18)13-6-7-15-16(11-13)20-10-9-19-15/h6-7,11,14,17-18H,2-5,8-10,12H2,1H3. The molecule has 1 aliphatic heterocycles. The third kappa shape index (κ3) is 4.39. The average molecular weight is 279 g/mol. The van der Waals surface area contributed by atoms with E-state index >= 15 is 0 Å². The van der Waals surface area contributed by atoms with Crippen molar-refractivity contribution in [1.82, 2.24) is 5.32 Å². The highest BCUT2D eigenvalue weighted by atomic mass is 16.6. The van der Waals surface area contributed by atoms with E-state index in [4.69, 9.17) is 9.47 Å². The third-order valence-corrected chi connectivity index (χ3v) is 3.50. The lowest BCUT2D eigenvalue weighted by molar-refractivity contribution is 0.163. The van der Waals surface area contributed by atoms with Gasteiger partial charge in [0.1, 0.15) is 13.2 Å². The Labute approximate surface area is 121 Å². The van der Waals surface area contributed by atoms with E-state index in [1.165, 1.54) is 25.7 Å². The van der Waals surface area contributed by atoms with Crippen molar-refractivity contribution in [2.45, 2.75) is 38.7 Å². The van der Waals surface area contributed by atoms with Gasteiger partial charge < -0.3 is 19.9 Å². The molecule has 0 fully saturated rings. The Morgan fingerprint density at radius 3 is 2.75 bits per heavy atom. The molecule has 0 amide bonds. The van der Waals surface area contributed by atoms with Gasteiger partial charge in [-0.1, -0.05) is 32.3 Å². The van der Waals surface area contributed by atoms with Crippen molar-refractivity contribution in [3.8, 4) is 11.5 Å². The molecule has 2 rings (SSSR count). The van der Waals surface area contributed by atoms with Crippen LogP contribution < -0.4 is 14.8 Å². The summed E-state index contributed by atoms with van der Waals surface area (Å²) < 4.78 is 11.0. The van der Waals surface area contributed by atoms with Gasteiger partial charge in [0.15, 0.2) is 11.5 Å². The van der Waals surface area contributed by atoms with E-state index in [-0.39, 0.29) is 0 Å². The number of aliphatic hydroxyl groups excluding tert-OH is 1. The summed E-state index contributed by atoms with van der Waals surface area (Å²) in [6.45, 7) is 4.91. The predicted octanol–water partition coefficient (Wildman–Crippen LogP) is 2.66. The second-order valence-corrected chi connectivity index (χ2v) is 5.18. The molecule has 112 valence electrons. The molecule has 1 heterocycles. The first-order valence-corrected chi connectivity index (χ1v) is 7.59. The molecule has 4 nitrogen and oxygen atoms in total. The van der Waals surface area contributed by atoms with E-state index in [2.05, 4.69) is 12.2 Å². The van der Waals surface area contributed by atoms with Gasteiger partial charge in [-0.2, -0.15) is 0 Å². The summed E-state index contributed by atoms with van der Waals surface area (Å²) in [6.07, 6.45) is 4.45. The summed E-state index contributed by atoms with van der Waals surface area (Å²) in [6, 6.07) is 5.64. The lowest BCUT2D eigenvalue weighted by Gasteiger charge is -2.20. The van der Waals surface area contributed by atoms with Gasteiger partial charge in [0.25, 0.3) is 0 Å². The van der Waals surface area contributed by atoms with Crippen LogP contribution in [-0.4, -0.2) is 31.4 Å². The van der Waals surface area contributed by atoms with Crippen molar-refractivity contribution in [2.75, 3.05) is 26.3 Å². The molecule has 0 bridgehead atoms. The highest BCUT2D eigenvalue weighted by Crippen LogP contribution is 2.32. The number of nitrogens with one attached hydrogen (secondary N) is 1. The minimum atomic E-state index is -0.503. The van der Waals surface area contributed by atoms with E-state index in [1.54, 1.807) is 0 Å². The third-order valence-electron chi connectivity index (χ3n) is 3.50. The molecule has 2 N–H and O–H groups in total. The highest BCUT2D eigenvalue weighted by Gasteiger charge is 2.15. The maximum atomic E-state index is 10.2. The molecule has 1 unspecified atom stereocenters. The number of benzene rings is 1. The number of rotatable bonds is 8. The molecule has 1 aliphatic rings. The van der Waals surface area contributed by atoms with E-state index in [0.717, 1.165) is 23.6 Å². The SMILES string of the molecule is CCCCCCNCC(O)c1ccc2c(c1)OCCO2. The Bertz CT molecular complexity index is 409. The van der Waals surface area contributed by atoms with E-state index in [9.17, 15) is 5.11 Å². The van der Waals surface area contributed by atoms with Crippen molar-refractivity contribution >= 4 is 0 Å². The molecule has 0 radical (unpaired) electrons. The van der Waals surface area contributed by atoms with Crippen LogP contribution in [0.15, 0.2) is 18.2 Å². The van der Waals surface area contributed by atoms with Crippen molar-refractivity contribution in [3.05, 3.63) is 23.8 Å². The Balaban J connectivity index is 1.76. The van der Waals surface area contributed by atoms with Crippen LogP contribution in [-0.2, 0) is 0 Å². The fraction of sp³-hybridized carbons (Fsp3) is 0.625. The second-order valence-electron chi connectivity index (χ2n) is 5.18. The minimum absolute atomic E-state index is 0.503. The van der Waals surface area contributed by atoms with Crippen molar-refractivity contribution in [3.63, 3.8) is 0 Å². The number of ether oxygens (including phenoxy) is 2. The summed E-state index contributed by atoms with van der Waals surface area (Å²) in [7, 11) is 0. The molecule has 20 heavy (non-hydrogen) atoms. The summed E-state index contributed by atoms with van der Waals surface area (Å²) in [5, 5.41) is 13.5. The molecule has 4 heteroatoms. The summed E-state index contributed by atoms with van der Waals surface area (Å²) in [5.74, 6) is 1.50. The Morgan fingerprint density at radius 1 is 1.15 bits per heavy atom. The van der Waals surface area contributed by atoms with Crippen molar-refractivity contribution in [2.24, 2.45) is 0 Å². The molecular weight excluding hydrogens is 254 g/mol. The van der Waals surface area contributed by atoms with Crippen LogP contribution in [0.1, 0.15) is 44.3 Å². The lowest BCUT2D eigenvalue weighted by atomic mass is 10.1. The molecular formula is C16H25NO3. The normalized spacial score (nSPS) is 15.1. The summed E-state index contributed by atoms with van der Waals surface area (Å²) >= 11 is 0. The molecule has 1 atom stereocenters. The van der Waals surface area contributed by atoms with Gasteiger partial charge >= 0.3 is 0 Å². The second kappa shape index (κ2) is 8.12. The molecule has 0 aromatic heterocycles. The van der Waals surface area contributed by atoms with Crippen LogP contribution in [0.3, 0.4) is 0 Å². The number of aliphatic hydroxyl groups is 1. The monoisotopic (exact) mass is 279 g/mol. The van der Waals surface area contributed by atoms with Crippen molar-refractivity contribution < 1.29 is 14.6 Å². The van der Waals surface area contributed by atoms with Crippen molar-refractivity contribution in [1.29, 1.82) is 0 Å². The van der Waals surface area contributed by atoms with Crippen LogP contribution in [0.2, 0.25) is 0 Å². The van der Waals surface area contributed by atoms with E-state index in [0.29, 0.717) is 19.8 Å². The smallest absolute Gasteiger partial charge is 0.161 e. The fourth-order valence-electron chi connectivity index (χ4n) is 2.30. The zero-order valence-electron chi connectivity index (χ0n) is 12.2. The van der Waals surface area contributed by atoms with Crippen LogP contribution >= 0.6 is 0 Å². The van der Waals surface area contributed by atoms with Gasteiger partial charge in [-0.3, -0.25) is 0 Å². The maximum absolute atomic E-state index is 10.2. The van der Waals surface area contributed by atoms with Crippen LogP contribution in [0.4, 0.5) is 0 Å². The molecule has 1 aromatic carbocycles. The number of fused-ring (bicyclic) bond motifs is 1. The molecule has 1 aromatic rings. The van der Waals surface area contributed by atoms with Crippen LogP contribution in [0.25, 0.3) is 0 Å². The summed E-state index contributed by atoms with van der Waals surface area (Å²) in [4.78, 5) is 0. The minimum Gasteiger partial charge on any atom is -0.486 e. The fourth-order valence-corrected chi connectivity index (χ4v) is 2.30. The molecule has 0 saturated carbocycles. The van der Waals surface area contributed by atoms with Crippen LogP contribution in [0, 0.1) is 0 Å². The van der Waals surface area contributed by atoms with Gasteiger partial charge in [-0.05, 0) is 30.7 Å². The summed E-state index contributed by atoms with van der Waals surface area (Å²) in [5.41, 5.74) is 0.871. The van der Waals surface area contributed by atoms with E-state index < -0.39 is 6.10 Å². The quantitative estimate of drug-likeness (QED) is 0.718. The van der Waals surface area contributed by atoms with Gasteiger partial charge in [0.2, 0.25) is 0 Å². The average Bonchev–Trinajstić information content (AvgIpc) is 2.50. The Hall–Kier alpha value is -1.26. The zero-order valence-corrected chi connectivity index (χ0v) is 12.2. The number of unbranched alkanes of at least 4 members (excludes halogenated alkanes) is 3. The molecule has 0 saturated heterocycles. The largest absolute Gasteiger partial charge is 0.486 e. The molecule has 0 aliphatic carbocycles. The zero-order chi connectivity index (χ0) is 14.2. The Morgan fingerprint density at radius 2 is 1.95 bits per heavy atom. The molecule has 0 spiro atoms. The van der Waals surface area contributed by atoms with Gasteiger partial charge in [0.05, 0.1) is 6.10 Å². The Kier molecular flexibility index (Phi) is 6.15. The maximum Gasteiger partial charge on any atom is 0.161 e. The first-order valence-electron chi connectivity index (χ1n) is 7.59. The van der Waals surface area contributed by atoms with Gasteiger partial charge in [-0.15, -0.1) is 0 Å². The number of hydrogen-bond donors (Lipinski definition) is 2. The van der Waals surface area contributed by atoms with Crippen LogP contribution in [0.5, 0.6) is 11.5 Å². The first-order chi connectivity index (χ1) is 9.81. The lowest BCUT2D eigenvalue weighted by Crippen LogP contribution is -2.23. The highest BCUT2D eigenvalue weighted by molar-refractivity contribution is 5.44. The van der Waals surface area contributed by atoms with E-state index in [1.807, 2.05) is 18.2 Å².